The summed E-state index contributed by atoms with van der Waals surface area (Å²) in [6, 6.07) is 0.326. The zero-order chi connectivity index (χ0) is 13.2. The van der Waals surface area contributed by atoms with Gasteiger partial charge in [-0.15, -0.1) is 0 Å². The summed E-state index contributed by atoms with van der Waals surface area (Å²) in [5.74, 6) is 0.354. The van der Waals surface area contributed by atoms with Crippen molar-refractivity contribution in [3.63, 3.8) is 0 Å². The van der Waals surface area contributed by atoms with Crippen LogP contribution in [0.4, 0.5) is 0 Å². The number of carbonyl (C=O) groups is 1. The molecule has 3 rings (SSSR count). The molecular weight excluding hydrogens is 244 g/mol. The minimum absolute atomic E-state index is 0.0867. The van der Waals surface area contributed by atoms with Gasteiger partial charge in [0.25, 0.3) is 0 Å². The van der Waals surface area contributed by atoms with Crippen molar-refractivity contribution >= 4 is 5.91 Å². The lowest BCUT2D eigenvalue weighted by Crippen LogP contribution is -2.54. The van der Waals surface area contributed by atoms with E-state index in [2.05, 4.69) is 4.90 Å². The first-order valence-corrected chi connectivity index (χ1v) is 7.54. The number of piperazine rings is 1. The van der Waals surface area contributed by atoms with E-state index in [0.29, 0.717) is 12.6 Å². The van der Waals surface area contributed by atoms with Crippen molar-refractivity contribution in [1.82, 2.24) is 9.80 Å². The Balaban J connectivity index is 1.50. The molecule has 0 radical (unpaired) electrons. The zero-order valence-corrected chi connectivity index (χ0v) is 11.5. The molecule has 3 atom stereocenters. The number of rotatable bonds is 2. The molecule has 1 amide bonds. The van der Waals surface area contributed by atoms with E-state index < -0.39 is 0 Å². The SMILES string of the molecule is O=C([C@@H]1CCOC1)N1CCN([C@H]2CCC[C@H]2O)CC1. The molecule has 0 bridgehead atoms. The number of nitrogens with zero attached hydrogens (tertiary/aromatic N) is 2. The maximum atomic E-state index is 12.3. The molecule has 108 valence electrons. The number of carbonyl (C=O) groups excluding carboxylic acids is 1. The molecular formula is C14H24N2O3. The van der Waals surface area contributed by atoms with Crippen LogP contribution in [0, 0.1) is 5.92 Å². The highest BCUT2D eigenvalue weighted by Gasteiger charge is 2.35. The van der Waals surface area contributed by atoms with Gasteiger partial charge in [0.1, 0.15) is 0 Å². The molecule has 0 aromatic heterocycles. The van der Waals surface area contributed by atoms with Crippen LogP contribution in [0.15, 0.2) is 0 Å². The average molecular weight is 268 g/mol. The fraction of sp³-hybridized carbons (Fsp3) is 0.929. The van der Waals surface area contributed by atoms with E-state index in [-0.39, 0.29) is 17.9 Å². The van der Waals surface area contributed by atoms with Gasteiger partial charge in [-0.1, -0.05) is 0 Å². The van der Waals surface area contributed by atoms with E-state index in [9.17, 15) is 9.90 Å². The molecule has 1 aliphatic carbocycles. The van der Waals surface area contributed by atoms with Gasteiger partial charge in [-0.3, -0.25) is 9.69 Å². The van der Waals surface area contributed by atoms with Crippen molar-refractivity contribution in [2.75, 3.05) is 39.4 Å². The Morgan fingerprint density at radius 2 is 1.89 bits per heavy atom. The van der Waals surface area contributed by atoms with Crippen LogP contribution in [0.25, 0.3) is 0 Å². The highest BCUT2D eigenvalue weighted by molar-refractivity contribution is 5.79. The Hall–Kier alpha value is -0.650. The van der Waals surface area contributed by atoms with Crippen molar-refractivity contribution in [3.8, 4) is 0 Å². The van der Waals surface area contributed by atoms with Gasteiger partial charge >= 0.3 is 0 Å². The lowest BCUT2D eigenvalue weighted by molar-refractivity contribution is -0.137. The summed E-state index contributed by atoms with van der Waals surface area (Å²) in [6.07, 6.45) is 3.88. The van der Waals surface area contributed by atoms with Gasteiger partial charge in [0.05, 0.1) is 18.6 Å². The number of aliphatic hydroxyl groups is 1. The largest absolute Gasteiger partial charge is 0.391 e. The molecule has 5 nitrogen and oxygen atoms in total. The van der Waals surface area contributed by atoms with Crippen molar-refractivity contribution in [1.29, 1.82) is 0 Å². The molecule has 2 heterocycles. The third-order valence-corrected chi connectivity index (χ3v) is 4.82. The summed E-state index contributed by atoms with van der Waals surface area (Å²) in [5, 5.41) is 9.95. The zero-order valence-electron chi connectivity index (χ0n) is 11.5. The first-order valence-electron chi connectivity index (χ1n) is 7.54. The summed E-state index contributed by atoms with van der Waals surface area (Å²) in [4.78, 5) is 16.6. The van der Waals surface area contributed by atoms with E-state index in [0.717, 1.165) is 58.5 Å². The lowest BCUT2D eigenvalue weighted by Gasteiger charge is -2.39. The molecule has 2 saturated heterocycles. The van der Waals surface area contributed by atoms with E-state index in [1.807, 2.05) is 4.90 Å². The Labute approximate surface area is 114 Å². The maximum absolute atomic E-state index is 12.3. The predicted octanol–water partition coefficient (Wildman–Crippen LogP) is 0.0805. The quantitative estimate of drug-likeness (QED) is 0.770. The molecule has 5 heteroatoms. The van der Waals surface area contributed by atoms with Crippen molar-refractivity contribution in [3.05, 3.63) is 0 Å². The lowest BCUT2D eigenvalue weighted by atomic mass is 10.1. The van der Waals surface area contributed by atoms with Crippen molar-refractivity contribution < 1.29 is 14.6 Å². The second-order valence-electron chi connectivity index (χ2n) is 5.99. The fourth-order valence-electron chi connectivity index (χ4n) is 3.61. The van der Waals surface area contributed by atoms with Crippen LogP contribution in [0.5, 0.6) is 0 Å². The molecule has 0 unspecified atom stereocenters. The third kappa shape index (κ3) is 2.78. The van der Waals surface area contributed by atoms with Crippen LogP contribution < -0.4 is 0 Å². The first-order chi connectivity index (χ1) is 9.25. The second-order valence-corrected chi connectivity index (χ2v) is 5.99. The first kappa shape index (κ1) is 13.3. The van der Waals surface area contributed by atoms with Crippen LogP contribution in [0.1, 0.15) is 25.7 Å². The summed E-state index contributed by atoms with van der Waals surface area (Å²) in [7, 11) is 0. The number of hydrogen-bond donors (Lipinski definition) is 1. The minimum atomic E-state index is -0.162. The smallest absolute Gasteiger partial charge is 0.228 e. The van der Waals surface area contributed by atoms with Gasteiger partial charge in [0.2, 0.25) is 5.91 Å². The summed E-state index contributed by atoms with van der Waals surface area (Å²) in [6.45, 7) is 4.74. The number of aliphatic hydroxyl groups excluding tert-OH is 1. The van der Waals surface area contributed by atoms with Gasteiger partial charge in [0, 0.05) is 38.8 Å². The monoisotopic (exact) mass is 268 g/mol. The topological polar surface area (TPSA) is 53.0 Å². The van der Waals surface area contributed by atoms with Crippen molar-refractivity contribution in [2.24, 2.45) is 5.92 Å². The highest BCUT2D eigenvalue weighted by Crippen LogP contribution is 2.25. The fourth-order valence-corrected chi connectivity index (χ4v) is 3.61. The third-order valence-electron chi connectivity index (χ3n) is 4.82. The van der Waals surface area contributed by atoms with Crippen LogP contribution in [0.3, 0.4) is 0 Å². The molecule has 3 fully saturated rings. The number of amides is 1. The van der Waals surface area contributed by atoms with Crippen LogP contribution >= 0.6 is 0 Å². The Bertz CT molecular complexity index is 323. The molecule has 0 spiro atoms. The summed E-state index contributed by atoms with van der Waals surface area (Å²) >= 11 is 0. The predicted molar refractivity (Wildman–Crippen MR) is 70.7 cm³/mol. The van der Waals surface area contributed by atoms with E-state index in [1.54, 1.807) is 0 Å². The second kappa shape index (κ2) is 5.77. The van der Waals surface area contributed by atoms with Gasteiger partial charge < -0.3 is 14.7 Å². The van der Waals surface area contributed by atoms with Gasteiger partial charge in [-0.2, -0.15) is 0 Å². The standard InChI is InChI=1S/C14H24N2O3/c17-13-3-1-2-12(13)15-5-7-16(8-6-15)14(18)11-4-9-19-10-11/h11-13,17H,1-10H2/t11-,12+,13-/m1/s1. The van der Waals surface area contributed by atoms with Crippen LogP contribution in [-0.4, -0.2) is 72.4 Å². The van der Waals surface area contributed by atoms with Gasteiger partial charge in [-0.25, -0.2) is 0 Å². The molecule has 0 aromatic carbocycles. The molecule has 2 aliphatic heterocycles. The van der Waals surface area contributed by atoms with E-state index in [4.69, 9.17) is 4.74 Å². The minimum Gasteiger partial charge on any atom is -0.391 e. The maximum Gasteiger partial charge on any atom is 0.228 e. The van der Waals surface area contributed by atoms with Gasteiger partial charge in [-0.05, 0) is 25.7 Å². The Kier molecular flexibility index (Phi) is 4.05. The normalized spacial score (nSPS) is 36.9. The van der Waals surface area contributed by atoms with Gasteiger partial charge in [0.15, 0.2) is 0 Å². The molecule has 19 heavy (non-hydrogen) atoms. The summed E-state index contributed by atoms with van der Waals surface area (Å²) in [5.41, 5.74) is 0. The van der Waals surface area contributed by atoms with E-state index >= 15 is 0 Å². The van der Waals surface area contributed by atoms with Crippen LogP contribution in [-0.2, 0) is 9.53 Å². The van der Waals surface area contributed by atoms with Crippen molar-refractivity contribution in [2.45, 2.75) is 37.8 Å². The summed E-state index contributed by atoms with van der Waals surface area (Å²) < 4.78 is 5.29. The number of hydrogen-bond acceptors (Lipinski definition) is 4. The Morgan fingerprint density at radius 3 is 2.47 bits per heavy atom. The molecule has 3 aliphatic rings. The van der Waals surface area contributed by atoms with E-state index in [1.165, 1.54) is 0 Å². The number of ether oxygens (including phenoxy) is 1. The highest BCUT2D eigenvalue weighted by atomic mass is 16.5. The Morgan fingerprint density at radius 1 is 1.11 bits per heavy atom. The molecule has 1 saturated carbocycles. The van der Waals surface area contributed by atoms with Crippen LogP contribution in [0.2, 0.25) is 0 Å². The average Bonchev–Trinajstić information content (AvgIpc) is 3.09. The molecule has 1 N–H and O–H groups in total. The molecule has 0 aromatic rings.